The third kappa shape index (κ3) is 5.99. The summed E-state index contributed by atoms with van der Waals surface area (Å²) < 4.78 is 0. The van der Waals surface area contributed by atoms with Crippen LogP contribution in [0.15, 0.2) is 11.6 Å². The molecule has 0 aliphatic rings. The Kier molecular flexibility index (Phi) is 3.05. The maximum Gasteiger partial charge on any atom is 0.0329 e. The first kappa shape index (κ1) is 6.99. The maximum absolute atomic E-state index is 5.44. The van der Waals surface area contributed by atoms with Crippen LogP contribution in [0, 0.1) is 0 Å². The van der Waals surface area contributed by atoms with Crippen LogP contribution >= 0.6 is 11.6 Å². The van der Waals surface area contributed by atoms with E-state index in [1.807, 2.05) is 19.0 Å². The Morgan fingerprint density at radius 2 is 2.14 bits per heavy atom. The van der Waals surface area contributed by atoms with Crippen LogP contribution in [0.1, 0.15) is 0 Å². The van der Waals surface area contributed by atoms with Crippen LogP contribution in [0.5, 0.6) is 0 Å². The van der Waals surface area contributed by atoms with E-state index in [1.54, 1.807) is 0 Å². The lowest BCUT2D eigenvalue weighted by Crippen LogP contribution is -2.12. The van der Waals surface area contributed by atoms with E-state index in [0.29, 0.717) is 5.03 Å². The summed E-state index contributed by atoms with van der Waals surface area (Å²) in [5.74, 6) is 0. The molecule has 2 heteroatoms. The van der Waals surface area contributed by atoms with Crippen molar-refractivity contribution in [2.45, 2.75) is 0 Å². The van der Waals surface area contributed by atoms with E-state index in [2.05, 4.69) is 6.58 Å². The van der Waals surface area contributed by atoms with E-state index < -0.39 is 0 Å². The molecule has 0 rings (SSSR count). The van der Waals surface area contributed by atoms with Gasteiger partial charge in [-0.2, -0.15) is 0 Å². The number of likely N-dealkylation sites (N-methyl/N-ethyl adjacent to an activating group) is 1. The van der Waals surface area contributed by atoms with Crippen LogP contribution in [0.2, 0.25) is 0 Å². The minimum Gasteiger partial charge on any atom is -0.304 e. The number of rotatable bonds is 2. The summed E-state index contributed by atoms with van der Waals surface area (Å²) >= 11 is 5.44. The van der Waals surface area contributed by atoms with Crippen molar-refractivity contribution >= 4 is 11.6 Å². The summed E-state index contributed by atoms with van der Waals surface area (Å²) in [6, 6.07) is 0. The lowest BCUT2D eigenvalue weighted by Gasteiger charge is -2.05. The minimum absolute atomic E-state index is 0.685. The molecule has 0 N–H and O–H groups in total. The van der Waals surface area contributed by atoms with Crippen molar-refractivity contribution in [1.29, 1.82) is 0 Å². The molecule has 0 aliphatic carbocycles. The van der Waals surface area contributed by atoms with Gasteiger partial charge < -0.3 is 4.90 Å². The molecule has 0 saturated carbocycles. The van der Waals surface area contributed by atoms with E-state index >= 15 is 0 Å². The van der Waals surface area contributed by atoms with Crippen LogP contribution in [0.3, 0.4) is 0 Å². The second-order valence-corrected chi connectivity index (χ2v) is 2.29. The Balaban J connectivity index is 3.13. The Morgan fingerprint density at radius 1 is 1.71 bits per heavy atom. The second-order valence-electron chi connectivity index (χ2n) is 1.76. The molecule has 0 bridgehead atoms. The SMILES string of the molecule is C=C(Cl)CN(C)C. The van der Waals surface area contributed by atoms with E-state index in [1.165, 1.54) is 0 Å². The summed E-state index contributed by atoms with van der Waals surface area (Å²) in [7, 11) is 3.90. The fourth-order valence-electron chi connectivity index (χ4n) is 0.343. The molecular formula is C5H10ClN. The Morgan fingerprint density at radius 3 is 2.14 bits per heavy atom. The van der Waals surface area contributed by atoms with Gasteiger partial charge in [-0.05, 0) is 14.1 Å². The van der Waals surface area contributed by atoms with Gasteiger partial charge >= 0.3 is 0 Å². The van der Waals surface area contributed by atoms with Gasteiger partial charge in [0.15, 0.2) is 0 Å². The zero-order valence-corrected chi connectivity index (χ0v) is 5.50. The molecule has 0 saturated heterocycles. The van der Waals surface area contributed by atoms with Crippen molar-refractivity contribution < 1.29 is 0 Å². The van der Waals surface area contributed by atoms with E-state index in [4.69, 9.17) is 11.6 Å². The normalized spacial score (nSPS) is 9.71. The minimum atomic E-state index is 0.685. The molecule has 0 spiro atoms. The van der Waals surface area contributed by atoms with Gasteiger partial charge in [0.1, 0.15) is 0 Å². The highest BCUT2D eigenvalue weighted by molar-refractivity contribution is 6.29. The molecule has 42 valence electrons. The molecule has 0 amide bonds. The molecule has 0 aliphatic heterocycles. The largest absolute Gasteiger partial charge is 0.304 e. The molecule has 0 aromatic carbocycles. The fourth-order valence-corrected chi connectivity index (χ4v) is 0.582. The lowest BCUT2D eigenvalue weighted by atomic mass is 10.6. The molecule has 0 aromatic rings. The molecule has 1 nitrogen and oxygen atoms in total. The van der Waals surface area contributed by atoms with Crippen molar-refractivity contribution in [3.05, 3.63) is 11.6 Å². The van der Waals surface area contributed by atoms with Gasteiger partial charge in [0, 0.05) is 11.6 Å². The Hall–Kier alpha value is -0.0100. The van der Waals surface area contributed by atoms with Crippen LogP contribution in [0.25, 0.3) is 0 Å². The van der Waals surface area contributed by atoms with Crippen LogP contribution in [-0.2, 0) is 0 Å². The number of hydrogen-bond acceptors (Lipinski definition) is 1. The van der Waals surface area contributed by atoms with Crippen molar-refractivity contribution in [1.82, 2.24) is 4.90 Å². The van der Waals surface area contributed by atoms with Crippen LogP contribution in [-0.4, -0.2) is 25.5 Å². The van der Waals surface area contributed by atoms with Gasteiger partial charge in [-0.25, -0.2) is 0 Å². The van der Waals surface area contributed by atoms with E-state index in [0.717, 1.165) is 6.54 Å². The van der Waals surface area contributed by atoms with Gasteiger partial charge in [-0.15, -0.1) is 0 Å². The summed E-state index contributed by atoms with van der Waals surface area (Å²) in [6.07, 6.45) is 0. The summed E-state index contributed by atoms with van der Waals surface area (Å²) in [4.78, 5) is 1.97. The van der Waals surface area contributed by atoms with Crippen LogP contribution < -0.4 is 0 Å². The molecule has 0 aromatic heterocycles. The zero-order valence-electron chi connectivity index (χ0n) is 4.74. The standard InChI is InChI=1S/C5H10ClN/c1-5(6)4-7(2)3/h1,4H2,2-3H3. The zero-order chi connectivity index (χ0) is 5.86. The smallest absolute Gasteiger partial charge is 0.0329 e. The molecule has 0 atom stereocenters. The molecule has 0 radical (unpaired) electrons. The molecule has 0 fully saturated rings. The van der Waals surface area contributed by atoms with Gasteiger partial charge in [0.05, 0.1) is 0 Å². The lowest BCUT2D eigenvalue weighted by molar-refractivity contribution is 0.453. The Labute approximate surface area is 49.6 Å². The highest BCUT2D eigenvalue weighted by Crippen LogP contribution is 1.95. The fraction of sp³-hybridized carbons (Fsp3) is 0.600. The number of hydrogen-bond donors (Lipinski definition) is 0. The van der Waals surface area contributed by atoms with Crippen molar-refractivity contribution in [3.8, 4) is 0 Å². The van der Waals surface area contributed by atoms with Gasteiger partial charge in [0.2, 0.25) is 0 Å². The van der Waals surface area contributed by atoms with Crippen molar-refractivity contribution in [3.63, 3.8) is 0 Å². The monoisotopic (exact) mass is 119 g/mol. The second kappa shape index (κ2) is 3.05. The quantitative estimate of drug-likeness (QED) is 0.530. The first-order valence-electron chi connectivity index (χ1n) is 2.11. The van der Waals surface area contributed by atoms with Crippen LogP contribution in [0.4, 0.5) is 0 Å². The topological polar surface area (TPSA) is 3.24 Å². The van der Waals surface area contributed by atoms with Crippen molar-refractivity contribution in [2.24, 2.45) is 0 Å². The van der Waals surface area contributed by atoms with Gasteiger partial charge in [-0.1, -0.05) is 18.2 Å². The van der Waals surface area contributed by atoms with Crippen molar-refractivity contribution in [2.75, 3.05) is 20.6 Å². The average Bonchev–Trinajstić information content (AvgIpc) is 1.27. The molecule has 0 unspecified atom stereocenters. The molecule has 0 heterocycles. The average molecular weight is 120 g/mol. The first-order valence-corrected chi connectivity index (χ1v) is 2.48. The first-order chi connectivity index (χ1) is 3.13. The van der Waals surface area contributed by atoms with E-state index in [-0.39, 0.29) is 0 Å². The molecule has 7 heavy (non-hydrogen) atoms. The third-order valence-corrected chi connectivity index (χ3v) is 0.607. The third-order valence-electron chi connectivity index (χ3n) is 0.488. The maximum atomic E-state index is 5.44. The van der Waals surface area contributed by atoms with Gasteiger partial charge in [0.25, 0.3) is 0 Å². The summed E-state index contributed by atoms with van der Waals surface area (Å²) in [5.41, 5.74) is 0. The number of halogens is 1. The molecular weight excluding hydrogens is 110 g/mol. The predicted molar refractivity (Wildman–Crippen MR) is 33.5 cm³/mol. The highest BCUT2D eigenvalue weighted by Gasteiger charge is 1.87. The Bertz CT molecular complexity index is 68.5. The summed E-state index contributed by atoms with van der Waals surface area (Å²) in [5, 5.41) is 0.685. The highest BCUT2D eigenvalue weighted by atomic mass is 35.5. The van der Waals surface area contributed by atoms with Gasteiger partial charge in [-0.3, -0.25) is 0 Å². The van der Waals surface area contributed by atoms with E-state index in [9.17, 15) is 0 Å². The predicted octanol–water partition coefficient (Wildman–Crippen LogP) is 1.30. The number of nitrogens with zero attached hydrogens (tertiary/aromatic N) is 1. The summed E-state index contributed by atoms with van der Waals surface area (Å²) in [6.45, 7) is 4.28.